The van der Waals surface area contributed by atoms with E-state index in [1.165, 1.54) is 0 Å². The Hall–Kier alpha value is -1.34. The van der Waals surface area contributed by atoms with Gasteiger partial charge >= 0.3 is 0 Å². The smallest absolute Gasteiger partial charge is 0.180 e. The minimum atomic E-state index is -3.54. The van der Waals surface area contributed by atoms with Gasteiger partial charge in [-0.25, -0.2) is 8.42 Å². The molecule has 0 aliphatic carbocycles. The standard InChI is InChI=1S/C12H19N3O4S2/c1-18-6-4-15(5-7-19-2)12-11(21(3,16)17)10(14)9(8-13)20-12/h4-7,14H2,1-3H3. The van der Waals surface area contributed by atoms with Crippen molar-refractivity contribution < 1.29 is 17.9 Å². The normalized spacial score (nSPS) is 11.3. The number of nitrogen functional groups attached to an aromatic ring is 1. The minimum absolute atomic E-state index is 0.0104. The second-order valence-electron chi connectivity index (χ2n) is 4.34. The second-order valence-corrected chi connectivity index (χ2v) is 7.29. The molecule has 0 fully saturated rings. The first-order valence-corrected chi connectivity index (χ1v) is 8.82. The molecule has 1 aromatic heterocycles. The van der Waals surface area contributed by atoms with Crippen LogP contribution < -0.4 is 10.6 Å². The molecular formula is C12H19N3O4S2. The van der Waals surface area contributed by atoms with Crippen LogP contribution in [0.2, 0.25) is 0 Å². The summed E-state index contributed by atoms with van der Waals surface area (Å²) in [4.78, 5) is 2.02. The number of hydrogen-bond donors (Lipinski definition) is 1. The molecule has 1 heterocycles. The maximum atomic E-state index is 12.0. The molecule has 0 spiro atoms. The molecule has 0 atom stereocenters. The summed E-state index contributed by atoms with van der Waals surface area (Å²) < 4.78 is 34.0. The number of methoxy groups -OCH3 is 2. The van der Waals surface area contributed by atoms with Crippen molar-refractivity contribution in [1.82, 2.24) is 0 Å². The summed E-state index contributed by atoms with van der Waals surface area (Å²) in [6, 6.07) is 1.94. The molecule has 0 aliphatic heterocycles. The summed E-state index contributed by atoms with van der Waals surface area (Å²) in [6.07, 6.45) is 1.08. The quantitative estimate of drug-likeness (QED) is 0.746. The largest absolute Gasteiger partial charge is 0.396 e. The summed E-state index contributed by atoms with van der Waals surface area (Å²) in [5, 5.41) is 9.53. The van der Waals surface area contributed by atoms with Crippen LogP contribution in [0.5, 0.6) is 0 Å². The van der Waals surface area contributed by atoms with Crippen LogP contribution in [0.25, 0.3) is 0 Å². The lowest BCUT2D eigenvalue weighted by Crippen LogP contribution is -2.31. The predicted octanol–water partition coefficient (Wildman–Crippen LogP) is 0.705. The van der Waals surface area contributed by atoms with Crippen molar-refractivity contribution in [2.24, 2.45) is 0 Å². The van der Waals surface area contributed by atoms with Gasteiger partial charge in [-0.15, -0.1) is 11.3 Å². The third-order valence-corrected chi connectivity index (χ3v) is 5.23. The van der Waals surface area contributed by atoms with Gasteiger partial charge in [0.25, 0.3) is 0 Å². The number of rotatable bonds is 8. The van der Waals surface area contributed by atoms with E-state index in [0.717, 1.165) is 17.6 Å². The van der Waals surface area contributed by atoms with Crippen LogP contribution in [0.1, 0.15) is 4.88 Å². The van der Waals surface area contributed by atoms with Gasteiger partial charge in [0.2, 0.25) is 0 Å². The first-order chi connectivity index (χ1) is 9.86. The summed E-state index contributed by atoms with van der Waals surface area (Å²) >= 11 is 1.07. The van der Waals surface area contributed by atoms with Crippen LogP contribution in [0.15, 0.2) is 4.90 Å². The van der Waals surface area contributed by atoms with E-state index in [0.29, 0.717) is 31.3 Å². The van der Waals surface area contributed by atoms with Crippen molar-refractivity contribution >= 4 is 31.9 Å². The van der Waals surface area contributed by atoms with Crippen molar-refractivity contribution in [3.05, 3.63) is 4.88 Å². The van der Waals surface area contributed by atoms with E-state index in [1.807, 2.05) is 11.0 Å². The number of nitriles is 1. The number of thiophene rings is 1. The van der Waals surface area contributed by atoms with Crippen molar-refractivity contribution in [3.63, 3.8) is 0 Å². The summed E-state index contributed by atoms with van der Waals surface area (Å²) in [5.74, 6) is 0. The zero-order valence-electron chi connectivity index (χ0n) is 12.2. The Morgan fingerprint density at radius 3 is 2.19 bits per heavy atom. The zero-order valence-corrected chi connectivity index (χ0v) is 13.9. The number of nitrogens with zero attached hydrogens (tertiary/aromatic N) is 2. The van der Waals surface area contributed by atoms with Gasteiger partial charge in [0.1, 0.15) is 20.8 Å². The van der Waals surface area contributed by atoms with Gasteiger partial charge in [0.15, 0.2) is 9.84 Å². The fraction of sp³-hybridized carbons (Fsp3) is 0.583. The third kappa shape index (κ3) is 4.31. The van der Waals surface area contributed by atoms with Crippen LogP contribution in [0.3, 0.4) is 0 Å². The Morgan fingerprint density at radius 2 is 1.81 bits per heavy atom. The molecule has 0 radical (unpaired) electrons. The number of hydrogen-bond acceptors (Lipinski definition) is 8. The van der Waals surface area contributed by atoms with E-state index < -0.39 is 9.84 Å². The van der Waals surface area contributed by atoms with Gasteiger partial charge in [-0.2, -0.15) is 5.26 Å². The molecule has 1 aromatic rings. The van der Waals surface area contributed by atoms with Crippen LogP contribution in [0.4, 0.5) is 10.7 Å². The fourth-order valence-electron chi connectivity index (χ4n) is 1.78. The molecule has 0 aliphatic rings. The highest BCUT2D eigenvalue weighted by Gasteiger charge is 2.27. The van der Waals surface area contributed by atoms with E-state index in [-0.39, 0.29) is 15.5 Å². The Morgan fingerprint density at radius 1 is 1.29 bits per heavy atom. The molecule has 7 nitrogen and oxygen atoms in total. The molecule has 9 heteroatoms. The number of ether oxygens (including phenoxy) is 2. The molecular weight excluding hydrogens is 314 g/mol. The van der Waals surface area contributed by atoms with Crippen LogP contribution >= 0.6 is 11.3 Å². The molecule has 0 unspecified atom stereocenters. The minimum Gasteiger partial charge on any atom is -0.396 e. The Balaban J connectivity index is 3.32. The molecule has 21 heavy (non-hydrogen) atoms. The summed E-state index contributed by atoms with van der Waals surface area (Å²) in [6.45, 7) is 1.81. The van der Waals surface area contributed by atoms with Crippen LogP contribution in [0, 0.1) is 11.3 Å². The van der Waals surface area contributed by atoms with Gasteiger partial charge in [-0.3, -0.25) is 0 Å². The lowest BCUT2D eigenvalue weighted by Gasteiger charge is -2.23. The van der Waals surface area contributed by atoms with Crippen molar-refractivity contribution in [1.29, 1.82) is 5.26 Å². The Bertz CT molecular complexity index is 611. The Labute approximate surface area is 128 Å². The highest BCUT2D eigenvalue weighted by atomic mass is 32.2. The molecule has 0 saturated carbocycles. The van der Waals surface area contributed by atoms with Gasteiger partial charge in [-0.1, -0.05) is 0 Å². The average Bonchev–Trinajstić information content (AvgIpc) is 2.75. The maximum Gasteiger partial charge on any atom is 0.180 e. The predicted molar refractivity (Wildman–Crippen MR) is 82.5 cm³/mol. The number of anilines is 2. The van der Waals surface area contributed by atoms with Crippen LogP contribution in [-0.2, 0) is 19.3 Å². The van der Waals surface area contributed by atoms with Crippen LogP contribution in [-0.4, -0.2) is 55.2 Å². The summed E-state index contributed by atoms with van der Waals surface area (Å²) in [7, 11) is -0.408. The molecule has 118 valence electrons. The fourth-order valence-corrected chi connectivity index (χ4v) is 4.34. The monoisotopic (exact) mass is 333 g/mol. The molecule has 0 saturated heterocycles. The molecule has 0 bridgehead atoms. The first-order valence-electron chi connectivity index (χ1n) is 6.12. The Kier molecular flexibility index (Phi) is 6.42. The highest BCUT2D eigenvalue weighted by Crippen LogP contribution is 2.40. The van der Waals surface area contributed by atoms with Gasteiger partial charge in [-0.05, 0) is 0 Å². The van der Waals surface area contributed by atoms with E-state index >= 15 is 0 Å². The van der Waals surface area contributed by atoms with Crippen molar-refractivity contribution in [2.45, 2.75) is 4.90 Å². The van der Waals surface area contributed by atoms with Crippen molar-refractivity contribution in [3.8, 4) is 6.07 Å². The molecule has 1 rings (SSSR count). The van der Waals surface area contributed by atoms with Gasteiger partial charge in [0, 0.05) is 33.6 Å². The van der Waals surface area contributed by atoms with E-state index in [4.69, 9.17) is 20.5 Å². The lowest BCUT2D eigenvalue weighted by molar-refractivity contribution is 0.190. The summed E-state index contributed by atoms with van der Waals surface area (Å²) in [5.41, 5.74) is 5.83. The zero-order chi connectivity index (χ0) is 16.0. The maximum absolute atomic E-state index is 12.0. The van der Waals surface area contributed by atoms with E-state index in [9.17, 15) is 8.42 Å². The molecule has 0 amide bonds. The van der Waals surface area contributed by atoms with Gasteiger partial charge < -0.3 is 20.1 Å². The highest BCUT2D eigenvalue weighted by molar-refractivity contribution is 7.91. The molecule has 2 N–H and O–H groups in total. The second kappa shape index (κ2) is 7.61. The average molecular weight is 333 g/mol. The number of nitrogens with two attached hydrogens (primary N) is 1. The van der Waals surface area contributed by atoms with Gasteiger partial charge in [0.05, 0.1) is 18.9 Å². The first kappa shape index (κ1) is 17.7. The SMILES string of the molecule is COCCN(CCOC)c1sc(C#N)c(N)c1S(C)(=O)=O. The topological polar surface area (TPSA) is 106 Å². The van der Waals surface area contributed by atoms with Crippen molar-refractivity contribution in [2.75, 3.05) is 57.4 Å². The van der Waals surface area contributed by atoms with E-state index in [2.05, 4.69) is 0 Å². The molecule has 0 aromatic carbocycles. The third-order valence-electron chi connectivity index (χ3n) is 2.77. The van der Waals surface area contributed by atoms with E-state index in [1.54, 1.807) is 14.2 Å². The number of sulfone groups is 1. The lowest BCUT2D eigenvalue weighted by atomic mass is 10.4.